The van der Waals surface area contributed by atoms with Crippen LogP contribution < -0.4 is 9.64 Å². The van der Waals surface area contributed by atoms with Crippen molar-refractivity contribution >= 4 is 32.6 Å². The zero-order valence-electron chi connectivity index (χ0n) is 12.9. The maximum Gasteiger partial charge on any atom is 0.422 e. The fraction of sp³-hybridized carbons (Fsp3) is 0.188. The summed E-state index contributed by atoms with van der Waals surface area (Å²) in [5.41, 5.74) is 0.676. The van der Waals surface area contributed by atoms with Gasteiger partial charge in [0.2, 0.25) is 5.88 Å². The number of halogens is 3. The number of ether oxygens (including phenoxy) is 1. The molecule has 130 valence electrons. The van der Waals surface area contributed by atoms with Gasteiger partial charge in [-0.2, -0.15) is 13.2 Å². The molecule has 0 bridgehead atoms. The Kier molecular flexibility index (Phi) is 4.58. The lowest BCUT2D eigenvalue weighted by Crippen LogP contribution is -2.28. The minimum atomic E-state index is -4.52. The second-order valence-electron chi connectivity index (χ2n) is 5.09. The number of fused-ring (bicyclic) bond motifs is 1. The second-order valence-corrected chi connectivity index (χ2v) is 6.10. The standard InChI is InChI=1S/C16H12F3N3O2S/c1-22(15-21-11-6-2-3-7-12(11)25-15)14(23)10-5-4-8-20-13(10)24-9-16(17,18)19/h2-8H,9H2,1H3. The summed E-state index contributed by atoms with van der Waals surface area (Å²) >= 11 is 1.30. The van der Waals surface area contributed by atoms with Crippen LogP contribution in [0, 0.1) is 0 Å². The molecule has 25 heavy (non-hydrogen) atoms. The van der Waals surface area contributed by atoms with E-state index in [1.165, 1.54) is 41.6 Å². The van der Waals surface area contributed by atoms with Crippen LogP contribution in [0.1, 0.15) is 10.4 Å². The zero-order chi connectivity index (χ0) is 18.0. The van der Waals surface area contributed by atoms with Crippen LogP contribution in [0.15, 0.2) is 42.6 Å². The lowest BCUT2D eigenvalue weighted by atomic mass is 10.2. The number of thiazole rings is 1. The molecule has 0 saturated carbocycles. The molecule has 0 atom stereocenters. The van der Waals surface area contributed by atoms with Crippen LogP contribution in [0.4, 0.5) is 18.3 Å². The van der Waals surface area contributed by atoms with E-state index in [-0.39, 0.29) is 11.4 Å². The number of anilines is 1. The minimum absolute atomic E-state index is 0.0616. The molecule has 0 saturated heterocycles. The van der Waals surface area contributed by atoms with Gasteiger partial charge in [-0.15, -0.1) is 0 Å². The summed E-state index contributed by atoms with van der Waals surface area (Å²) in [6.07, 6.45) is -3.25. The van der Waals surface area contributed by atoms with E-state index in [0.717, 1.165) is 10.2 Å². The van der Waals surface area contributed by atoms with Gasteiger partial charge in [0.05, 0.1) is 10.2 Å². The molecule has 0 N–H and O–H groups in total. The molecule has 0 aliphatic rings. The summed E-state index contributed by atoms with van der Waals surface area (Å²) in [5.74, 6) is -0.915. The quantitative estimate of drug-likeness (QED) is 0.702. The van der Waals surface area contributed by atoms with Crippen LogP contribution in [0.25, 0.3) is 10.2 Å². The van der Waals surface area contributed by atoms with E-state index in [0.29, 0.717) is 5.13 Å². The minimum Gasteiger partial charge on any atom is -0.467 e. The van der Waals surface area contributed by atoms with Gasteiger partial charge in [0.15, 0.2) is 11.7 Å². The summed E-state index contributed by atoms with van der Waals surface area (Å²) in [4.78, 5) is 22.0. The van der Waals surface area contributed by atoms with Crippen molar-refractivity contribution in [1.29, 1.82) is 0 Å². The van der Waals surface area contributed by atoms with Crippen LogP contribution in [0.5, 0.6) is 5.88 Å². The molecule has 0 unspecified atom stereocenters. The Morgan fingerprint density at radius 3 is 2.72 bits per heavy atom. The summed E-state index contributed by atoms with van der Waals surface area (Å²) in [6.45, 7) is -1.52. The first-order chi connectivity index (χ1) is 11.8. The van der Waals surface area contributed by atoms with Gasteiger partial charge in [-0.3, -0.25) is 9.69 Å². The smallest absolute Gasteiger partial charge is 0.422 e. The summed E-state index contributed by atoms with van der Waals surface area (Å²) in [5, 5.41) is 0.428. The number of para-hydroxylation sites is 1. The van der Waals surface area contributed by atoms with Gasteiger partial charge in [-0.1, -0.05) is 23.5 Å². The fourth-order valence-electron chi connectivity index (χ4n) is 2.09. The van der Waals surface area contributed by atoms with E-state index in [9.17, 15) is 18.0 Å². The topological polar surface area (TPSA) is 55.3 Å². The predicted octanol–water partition coefficient (Wildman–Crippen LogP) is 3.91. The van der Waals surface area contributed by atoms with Crippen molar-refractivity contribution in [3.8, 4) is 5.88 Å². The second kappa shape index (κ2) is 6.67. The largest absolute Gasteiger partial charge is 0.467 e. The lowest BCUT2D eigenvalue weighted by Gasteiger charge is -2.16. The Morgan fingerprint density at radius 2 is 2.00 bits per heavy atom. The van der Waals surface area contributed by atoms with E-state index < -0.39 is 18.7 Å². The highest BCUT2D eigenvalue weighted by molar-refractivity contribution is 7.22. The van der Waals surface area contributed by atoms with Gasteiger partial charge in [0.25, 0.3) is 5.91 Å². The number of amides is 1. The molecule has 0 radical (unpaired) electrons. The molecule has 0 spiro atoms. The van der Waals surface area contributed by atoms with Crippen LogP contribution in [0.3, 0.4) is 0 Å². The van der Waals surface area contributed by atoms with Crippen molar-refractivity contribution in [2.75, 3.05) is 18.6 Å². The molecule has 1 amide bonds. The Labute approximate surface area is 144 Å². The molecular formula is C16H12F3N3O2S. The fourth-order valence-corrected chi connectivity index (χ4v) is 3.02. The molecule has 9 heteroatoms. The van der Waals surface area contributed by atoms with Gasteiger partial charge >= 0.3 is 6.18 Å². The van der Waals surface area contributed by atoms with Crippen LogP contribution in [0.2, 0.25) is 0 Å². The number of rotatable bonds is 4. The number of hydrogen-bond acceptors (Lipinski definition) is 5. The first-order valence-corrected chi connectivity index (χ1v) is 7.95. The summed E-state index contributed by atoms with van der Waals surface area (Å²) in [7, 11) is 1.50. The molecule has 0 aliphatic carbocycles. The zero-order valence-corrected chi connectivity index (χ0v) is 13.8. The average Bonchev–Trinajstić information content (AvgIpc) is 3.02. The van der Waals surface area contributed by atoms with Crippen molar-refractivity contribution in [2.24, 2.45) is 0 Å². The third-order valence-corrected chi connectivity index (χ3v) is 4.36. The van der Waals surface area contributed by atoms with Crippen LogP contribution in [-0.2, 0) is 0 Å². The summed E-state index contributed by atoms with van der Waals surface area (Å²) in [6, 6.07) is 10.2. The summed E-state index contributed by atoms with van der Waals surface area (Å²) < 4.78 is 42.6. The van der Waals surface area contributed by atoms with Crippen LogP contribution in [-0.4, -0.2) is 35.7 Å². The van der Waals surface area contributed by atoms with Gasteiger partial charge in [0, 0.05) is 13.2 Å². The van der Waals surface area contributed by atoms with Gasteiger partial charge in [0.1, 0.15) is 5.56 Å². The molecule has 5 nitrogen and oxygen atoms in total. The number of hydrogen-bond donors (Lipinski definition) is 0. The van der Waals surface area contributed by atoms with E-state index in [1.54, 1.807) is 0 Å². The van der Waals surface area contributed by atoms with Gasteiger partial charge in [-0.25, -0.2) is 9.97 Å². The lowest BCUT2D eigenvalue weighted by molar-refractivity contribution is -0.154. The SMILES string of the molecule is CN(C(=O)c1cccnc1OCC(F)(F)F)c1nc2ccccc2s1. The van der Waals surface area contributed by atoms with E-state index in [4.69, 9.17) is 0 Å². The molecule has 1 aromatic carbocycles. The Balaban J connectivity index is 1.87. The highest BCUT2D eigenvalue weighted by Gasteiger charge is 2.30. The average molecular weight is 367 g/mol. The van der Waals surface area contributed by atoms with Crippen LogP contribution >= 0.6 is 11.3 Å². The highest BCUT2D eigenvalue weighted by atomic mass is 32.1. The van der Waals surface area contributed by atoms with Gasteiger partial charge < -0.3 is 4.74 Å². The first kappa shape index (κ1) is 17.2. The number of benzene rings is 1. The predicted molar refractivity (Wildman–Crippen MR) is 88.1 cm³/mol. The molecule has 0 fully saturated rings. The number of nitrogens with zero attached hydrogens (tertiary/aromatic N) is 3. The Bertz CT molecular complexity index is 878. The van der Waals surface area contributed by atoms with E-state index in [2.05, 4.69) is 14.7 Å². The maximum atomic E-state index is 12.7. The Hall–Kier alpha value is -2.68. The highest BCUT2D eigenvalue weighted by Crippen LogP contribution is 2.29. The number of carbonyl (C=O) groups excluding carboxylic acids is 1. The molecule has 0 aliphatic heterocycles. The maximum absolute atomic E-state index is 12.7. The van der Waals surface area contributed by atoms with E-state index in [1.807, 2.05) is 24.3 Å². The molecule has 3 rings (SSSR count). The van der Waals surface area contributed by atoms with Crippen molar-refractivity contribution < 1.29 is 22.7 Å². The number of alkyl halides is 3. The first-order valence-electron chi connectivity index (χ1n) is 7.13. The van der Waals surface area contributed by atoms with Crippen molar-refractivity contribution in [3.63, 3.8) is 0 Å². The monoisotopic (exact) mass is 367 g/mol. The number of pyridine rings is 1. The molecular weight excluding hydrogens is 355 g/mol. The van der Waals surface area contributed by atoms with Crippen molar-refractivity contribution in [2.45, 2.75) is 6.18 Å². The Morgan fingerprint density at radius 1 is 1.24 bits per heavy atom. The normalized spacial score (nSPS) is 11.5. The van der Waals surface area contributed by atoms with Crippen molar-refractivity contribution in [1.82, 2.24) is 9.97 Å². The van der Waals surface area contributed by atoms with Crippen molar-refractivity contribution in [3.05, 3.63) is 48.2 Å². The van der Waals surface area contributed by atoms with E-state index >= 15 is 0 Å². The molecule has 2 aromatic heterocycles. The molecule has 2 heterocycles. The third kappa shape index (κ3) is 3.87. The number of carbonyl (C=O) groups is 1. The molecule has 3 aromatic rings. The van der Waals surface area contributed by atoms with Gasteiger partial charge in [-0.05, 0) is 24.3 Å². The third-order valence-electron chi connectivity index (χ3n) is 3.25. The number of aromatic nitrogens is 2.